The summed E-state index contributed by atoms with van der Waals surface area (Å²) >= 11 is 0. The highest BCUT2D eigenvalue weighted by Crippen LogP contribution is 2.44. The Hall–Kier alpha value is -2.05. The summed E-state index contributed by atoms with van der Waals surface area (Å²) in [6, 6.07) is 9.03. The SMILES string of the molecule is CC1(C)OC2=C(CN)OC[C@]2(CNC(=O)c2ccccc2)O1. The summed E-state index contributed by atoms with van der Waals surface area (Å²) in [4.78, 5) is 12.2. The van der Waals surface area contributed by atoms with E-state index < -0.39 is 11.4 Å². The number of fused-ring (bicyclic) bond motifs is 1. The van der Waals surface area contributed by atoms with Crippen molar-refractivity contribution in [3.05, 3.63) is 47.4 Å². The average molecular weight is 304 g/mol. The normalized spacial score (nSPS) is 25.4. The maximum absolute atomic E-state index is 12.2. The van der Waals surface area contributed by atoms with Gasteiger partial charge in [0.15, 0.2) is 17.1 Å². The number of hydrogen-bond acceptors (Lipinski definition) is 5. The van der Waals surface area contributed by atoms with Gasteiger partial charge >= 0.3 is 0 Å². The third-order valence-electron chi connectivity index (χ3n) is 3.69. The van der Waals surface area contributed by atoms with E-state index >= 15 is 0 Å². The first kappa shape index (κ1) is 14.9. The Balaban J connectivity index is 1.76. The maximum Gasteiger partial charge on any atom is 0.251 e. The van der Waals surface area contributed by atoms with E-state index in [0.29, 0.717) is 17.1 Å². The molecular formula is C16H20N2O4. The topological polar surface area (TPSA) is 82.8 Å². The van der Waals surface area contributed by atoms with Gasteiger partial charge in [-0.3, -0.25) is 4.79 Å². The van der Waals surface area contributed by atoms with E-state index in [-0.39, 0.29) is 25.6 Å². The van der Waals surface area contributed by atoms with E-state index in [4.69, 9.17) is 19.9 Å². The summed E-state index contributed by atoms with van der Waals surface area (Å²) < 4.78 is 17.4. The Morgan fingerprint density at radius 3 is 2.73 bits per heavy atom. The average Bonchev–Trinajstić information content (AvgIpc) is 2.96. The van der Waals surface area contributed by atoms with Crippen molar-refractivity contribution in [2.45, 2.75) is 25.2 Å². The molecule has 1 amide bonds. The van der Waals surface area contributed by atoms with Crippen LogP contribution in [0.5, 0.6) is 0 Å². The van der Waals surface area contributed by atoms with Gasteiger partial charge in [0, 0.05) is 19.4 Å². The molecule has 3 rings (SSSR count). The van der Waals surface area contributed by atoms with Crippen LogP contribution in [0, 0.1) is 0 Å². The number of ether oxygens (including phenoxy) is 3. The molecule has 2 heterocycles. The van der Waals surface area contributed by atoms with E-state index in [1.165, 1.54) is 0 Å². The van der Waals surface area contributed by atoms with Gasteiger partial charge in [0.2, 0.25) is 5.79 Å². The lowest BCUT2D eigenvalue weighted by Gasteiger charge is -2.25. The first-order chi connectivity index (χ1) is 10.5. The molecule has 1 atom stereocenters. The Morgan fingerprint density at radius 1 is 1.32 bits per heavy atom. The molecule has 1 fully saturated rings. The van der Waals surface area contributed by atoms with Crippen LogP contribution in [-0.4, -0.2) is 37.0 Å². The fourth-order valence-corrected chi connectivity index (χ4v) is 2.79. The summed E-state index contributed by atoms with van der Waals surface area (Å²) in [7, 11) is 0. The summed E-state index contributed by atoms with van der Waals surface area (Å²) in [5.41, 5.74) is 5.47. The molecule has 0 aromatic heterocycles. The minimum Gasteiger partial charge on any atom is -0.489 e. The summed E-state index contributed by atoms with van der Waals surface area (Å²) in [6.07, 6.45) is 0. The van der Waals surface area contributed by atoms with Crippen molar-refractivity contribution in [3.63, 3.8) is 0 Å². The monoisotopic (exact) mass is 304 g/mol. The van der Waals surface area contributed by atoms with E-state index in [1.807, 2.05) is 32.0 Å². The van der Waals surface area contributed by atoms with Gasteiger partial charge in [-0.05, 0) is 12.1 Å². The lowest BCUT2D eigenvalue weighted by molar-refractivity contribution is -0.170. The van der Waals surface area contributed by atoms with Crippen molar-refractivity contribution < 1.29 is 19.0 Å². The molecule has 6 nitrogen and oxygen atoms in total. The van der Waals surface area contributed by atoms with Crippen molar-refractivity contribution in [1.82, 2.24) is 5.32 Å². The molecule has 2 aliphatic heterocycles. The molecule has 2 aliphatic rings. The fraction of sp³-hybridized carbons (Fsp3) is 0.438. The van der Waals surface area contributed by atoms with E-state index in [1.54, 1.807) is 12.1 Å². The molecular weight excluding hydrogens is 284 g/mol. The summed E-state index contributed by atoms with van der Waals surface area (Å²) in [6.45, 7) is 4.44. The number of carbonyl (C=O) groups is 1. The summed E-state index contributed by atoms with van der Waals surface area (Å²) in [5, 5.41) is 2.89. The molecule has 0 bridgehead atoms. The van der Waals surface area contributed by atoms with Crippen LogP contribution in [-0.2, 0) is 14.2 Å². The number of nitrogens with two attached hydrogens (primary N) is 1. The first-order valence-electron chi connectivity index (χ1n) is 7.25. The molecule has 3 N–H and O–H groups in total. The van der Waals surface area contributed by atoms with Crippen LogP contribution in [0.15, 0.2) is 41.9 Å². The second-order valence-electron chi connectivity index (χ2n) is 5.89. The van der Waals surface area contributed by atoms with Gasteiger partial charge < -0.3 is 25.3 Å². The van der Waals surface area contributed by atoms with Crippen LogP contribution in [0.4, 0.5) is 0 Å². The number of rotatable bonds is 4. The molecule has 1 saturated heterocycles. The highest BCUT2D eigenvalue weighted by molar-refractivity contribution is 5.94. The third-order valence-corrected chi connectivity index (χ3v) is 3.69. The Kier molecular flexibility index (Phi) is 3.58. The second kappa shape index (κ2) is 5.30. The quantitative estimate of drug-likeness (QED) is 0.871. The molecule has 0 saturated carbocycles. The zero-order chi connectivity index (χ0) is 15.8. The number of hydrogen-bond donors (Lipinski definition) is 2. The van der Waals surface area contributed by atoms with E-state index in [2.05, 4.69) is 5.32 Å². The van der Waals surface area contributed by atoms with Crippen LogP contribution in [0.25, 0.3) is 0 Å². The number of carbonyl (C=O) groups excluding carboxylic acids is 1. The maximum atomic E-state index is 12.2. The smallest absolute Gasteiger partial charge is 0.251 e. The minimum absolute atomic E-state index is 0.163. The van der Waals surface area contributed by atoms with Crippen LogP contribution in [0.2, 0.25) is 0 Å². The highest BCUT2D eigenvalue weighted by atomic mass is 16.8. The summed E-state index contributed by atoms with van der Waals surface area (Å²) in [5.74, 6) is 0.244. The number of nitrogens with one attached hydrogen (secondary N) is 1. The zero-order valence-electron chi connectivity index (χ0n) is 12.7. The van der Waals surface area contributed by atoms with Gasteiger partial charge in [0.05, 0.1) is 13.1 Å². The molecule has 1 aromatic carbocycles. The van der Waals surface area contributed by atoms with Gasteiger partial charge in [-0.15, -0.1) is 0 Å². The molecule has 0 radical (unpaired) electrons. The van der Waals surface area contributed by atoms with E-state index in [0.717, 1.165) is 0 Å². The van der Waals surface area contributed by atoms with Crippen LogP contribution in [0.3, 0.4) is 0 Å². The molecule has 0 spiro atoms. The van der Waals surface area contributed by atoms with Gasteiger partial charge in [-0.1, -0.05) is 18.2 Å². The minimum atomic E-state index is -0.803. The Bertz CT molecular complexity index is 612. The van der Waals surface area contributed by atoms with Crippen molar-refractivity contribution >= 4 is 5.91 Å². The molecule has 0 aliphatic carbocycles. The number of amides is 1. The van der Waals surface area contributed by atoms with Crippen molar-refractivity contribution in [1.29, 1.82) is 0 Å². The molecule has 0 unspecified atom stereocenters. The van der Waals surface area contributed by atoms with Gasteiger partial charge in [0.25, 0.3) is 5.91 Å². The predicted octanol–water partition coefficient (Wildman–Crippen LogP) is 1.14. The number of benzene rings is 1. The standard InChI is InChI=1S/C16H20N2O4/c1-15(2)21-13-12(8-17)20-10-16(13,22-15)9-18-14(19)11-6-4-3-5-7-11/h3-7H,8-10,17H2,1-2H3,(H,18,19)/t16-/m0/s1. The van der Waals surface area contributed by atoms with Crippen LogP contribution >= 0.6 is 0 Å². The third kappa shape index (κ3) is 2.55. The fourth-order valence-electron chi connectivity index (χ4n) is 2.79. The van der Waals surface area contributed by atoms with Crippen LogP contribution < -0.4 is 11.1 Å². The van der Waals surface area contributed by atoms with Crippen molar-refractivity contribution in [2.24, 2.45) is 5.73 Å². The highest BCUT2D eigenvalue weighted by Gasteiger charge is 2.56. The molecule has 22 heavy (non-hydrogen) atoms. The van der Waals surface area contributed by atoms with Gasteiger partial charge in [0.1, 0.15) is 6.61 Å². The second-order valence-corrected chi connectivity index (χ2v) is 5.89. The first-order valence-corrected chi connectivity index (χ1v) is 7.25. The van der Waals surface area contributed by atoms with Crippen molar-refractivity contribution in [3.8, 4) is 0 Å². The lowest BCUT2D eigenvalue weighted by atomic mass is 10.0. The van der Waals surface area contributed by atoms with Crippen LogP contribution in [0.1, 0.15) is 24.2 Å². The lowest BCUT2D eigenvalue weighted by Crippen LogP contribution is -2.46. The Labute approximate surface area is 129 Å². The largest absolute Gasteiger partial charge is 0.489 e. The van der Waals surface area contributed by atoms with Gasteiger partial charge in [-0.25, -0.2) is 0 Å². The zero-order valence-corrected chi connectivity index (χ0v) is 12.7. The molecule has 1 aromatic rings. The van der Waals surface area contributed by atoms with E-state index in [9.17, 15) is 4.79 Å². The molecule has 118 valence electrons. The molecule has 6 heteroatoms. The Morgan fingerprint density at radius 2 is 2.05 bits per heavy atom. The predicted molar refractivity (Wildman–Crippen MR) is 79.8 cm³/mol. The van der Waals surface area contributed by atoms with Gasteiger partial charge in [-0.2, -0.15) is 0 Å². The van der Waals surface area contributed by atoms with Crippen molar-refractivity contribution in [2.75, 3.05) is 19.7 Å².